The summed E-state index contributed by atoms with van der Waals surface area (Å²) in [4.78, 5) is 26.1. The van der Waals surface area contributed by atoms with Crippen LogP contribution in [-0.4, -0.2) is 44.9 Å². The van der Waals surface area contributed by atoms with Crippen molar-refractivity contribution < 1.29 is 9.59 Å². The fourth-order valence-electron chi connectivity index (χ4n) is 4.58. The number of carbonyl (C=O) groups is 2. The predicted octanol–water partition coefficient (Wildman–Crippen LogP) is 3.48. The van der Waals surface area contributed by atoms with Gasteiger partial charge >= 0.3 is 0 Å². The highest BCUT2D eigenvalue weighted by Crippen LogP contribution is 2.31. The van der Waals surface area contributed by atoms with Crippen LogP contribution in [0.25, 0.3) is 11.1 Å². The summed E-state index contributed by atoms with van der Waals surface area (Å²) in [6, 6.07) is 8.72. The average Bonchev–Trinajstić information content (AvgIpc) is 3.43. The third kappa shape index (κ3) is 4.92. The smallest absolute Gasteiger partial charge is 0.270 e. The van der Waals surface area contributed by atoms with Crippen molar-refractivity contribution in [1.29, 1.82) is 0 Å². The largest absolute Gasteiger partial charge is 0.371 e. The van der Waals surface area contributed by atoms with Gasteiger partial charge in [-0.2, -0.15) is 10.2 Å². The van der Waals surface area contributed by atoms with E-state index in [1.54, 1.807) is 19.3 Å². The molecule has 1 fully saturated rings. The average molecular weight is 450 g/mol. The van der Waals surface area contributed by atoms with Gasteiger partial charge in [0.25, 0.3) is 5.91 Å². The molecule has 1 saturated carbocycles. The van der Waals surface area contributed by atoms with Crippen molar-refractivity contribution >= 4 is 23.3 Å². The highest BCUT2D eigenvalue weighted by Gasteiger charge is 2.32. The minimum Gasteiger partial charge on any atom is -0.371 e. The number of aromatic nitrogens is 4. The fourth-order valence-corrected chi connectivity index (χ4v) is 4.58. The third-order valence-electron chi connectivity index (χ3n) is 6.37. The highest BCUT2D eigenvalue weighted by atomic mass is 16.2. The SMILES string of the molecule is CNc1n[nH]c(C)c1-c1ccc(NC(=O)[C@@H](NC(=O)c2ccnn2C)C2CCCCC2)cc1. The Balaban J connectivity index is 1.50. The van der Waals surface area contributed by atoms with Crippen molar-refractivity contribution in [2.75, 3.05) is 17.7 Å². The first kappa shape index (κ1) is 22.6. The van der Waals surface area contributed by atoms with Gasteiger partial charge in [-0.1, -0.05) is 31.4 Å². The van der Waals surface area contributed by atoms with Crippen molar-refractivity contribution in [2.45, 2.75) is 45.1 Å². The van der Waals surface area contributed by atoms with Crippen LogP contribution in [0.5, 0.6) is 0 Å². The van der Waals surface area contributed by atoms with Crippen molar-refractivity contribution in [3.05, 3.63) is 47.9 Å². The monoisotopic (exact) mass is 449 g/mol. The van der Waals surface area contributed by atoms with Gasteiger partial charge in [-0.05, 0) is 49.4 Å². The van der Waals surface area contributed by atoms with Crippen LogP contribution in [0.1, 0.15) is 48.3 Å². The molecule has 0 saturated heterocycles. The number of hydrogen-bond acceptors (Lipinski definition) is 5. The lowest BCUT2D eigenvalue weighted by atomic mass is 9.83. The summed E-state index contributed by atoms with van der Waals surface area (Å²) in [5.74, 6) is 0.410. The molecule has 0 bridgehead atoms. The van der Waals surface area contributed by atoms with Crippen molar-refractivity contribution in [2.24, 2.45) is 13.0 Å². The zero-order valence-corrected chi connectivity index (χ0v) is 19.3. The summed E-state index contributed by atoms with van der Waals surface area (Å²) in [5.41, 5.74) is 4.08. The summed E-state index contributed by atoms with van der Waals surface area (Å²) in [6.07, 6.45) is 6.74. The minimum atomic E-state index is -0.598. The Morgan fingerprint density at radius 2 is 1.85 bits per heavy atom. The maximum Gasteiger partial charge on any atom is 0.270 e. The van der Waals surface area contributed by atoms with E-state index in [0.29, 0.717) is 11.4 Å². The van der Waals surface area contributed by atoms with Crippen LogP contribution in [0.4, 0.5) is 11.5 Å². The van der Waals surface area contributed by atoms with Crippen LogP contribution >= 0.6 is 0 Å². The molecule has 2 heterocycles. The molecular formula is C24H31N7O2. The van der Waals surface area contributed by atoms with Gasteiger partial charge < -0.3 is 16.0 Å². The summed E-state index contributed by atoms with van der Waals surface area (Å²) >= 11 is 0. The second-order valence-electron chi connectivity index (χ2n) is 8.58. The number of H-pyrrole nitrogens is 1. The van der Waals surface area contributed by atoms with Crippen molar-refractivity contribution in [3.63, 3.8) is 0 Å². The number of nitrogens with zero attached hydrogens (tertiary/aromatic N) is 3. The molecular weight excluding hydrogens is 418 g/mol. The molecule has 4 rings (SSSR count). The summed E-state index contributed by atoms with van der Waals surface area (Å²) in [5, 5.41) is 20.4. The van der Waals surface area contributed by atoms with Crippen LogP contribution in [0.3, 0.4) is 0 Å². The van der Waals surface area contributed by atoms with E-state index < -0.39 is 6.04 Å². The summed E-state index contributed by atoms with van der Waals surface area (Å²) in [6.45, 7) is 1.97. The van der Waals surface area contributed by atoms with E-state index in [1.165, 1.54) is 11.1 Å². The van der Waals surface area contributed by atoms with Gasteiger partial charge in [-0.25, -0.2) is 0 Å². The maximum atomic E-state index is 13.3. The number of carbonyl (C=O) groups excluding carboxylic acids is 2. The zero-order valence-electron chi connectivity index (χ0n) is 19.3. The number of anilines is 2. The number of hydrogen-bond donors (Lipinski definition) is 4. The van der Waals surface area contributed by atoms with Crippen LogP contribution in [-0.2, 0) is 11.8 Å². The fraction of sp³-hybridized carbons (Fsp3) is 0.417. The summed E-state index contributed by atoms with van der Waals surface area (Å²) in [7, 11) is 3.55. The van der Waals surface area contributed by atoms with Gasteiger partial charge in [-0.3, -0.25) is 19.4 Å². The van der Waals surface area contributed by atoms with Crippen LogP contribution < -0.4 is 16.0 Å². The van der Waals surface area contributed by atoms with E-state index in [4.69, 9.17) is 0 Å². The van der Waals surface area contributed by atoms with Crippen molar-refractivity contribution in [1.82, 2.24) is 25.3 Å². The minimum absolute atomic E-state index is 0.113. The van der Waals surface area contributed by atoms with Gasteiger partial charge in [0, 0.05) is 37.2 Å². The second-order valence-corrected chi connectivity index (χ2v) is 8.58. The molecule has 3 aromatic rings. The lowest BCUT2D eigenvalue weighted by Crippen LogP contribution is -2.49. The predicted molar refractivity (Wildman–Crippen MR) is 128 cm³/mol. The molecule has 174 valence electrons. The number of amides is 2. The molecule has 9 nitrogen and oxygen atoms in total. The van der Waals surface area contributed by atoms with E-state index in [9.17, 15) is 9.59 Å². The van der Waals surface area contributed by atoms with Gasteiger partial charge in [0.05, 0.1) is 0 Å². The van der Waals surface area contributed by atoms with E-state index in [0.717, 1.165) is 48.3 Å². The first-order valence-corrected chi connectivity index (χ1v) is 11.4. The molecule has 0 aliphatic heterocycles. The Hall–Kier alpha value is -3.62. The molecule has 0 spiro atoms. The van der Waals surface area contributed by atoms with Gasteiger partial charge in [0.2, 0.25) is 5.91 Å². The summed E-state index contributed by atoms with van der Waals surface area (Å²) < 4.78 is 1.52. The van der Waals surface area contributed by atoms with Gasteiger partial charge in [0.15, 0.2) is 5.82 Å². The van der Waals surface area contributed by atoms with Crippen LogP contribution in [0.2, 0.25) is 0 Å². The Labute approximate surface area is 193 Å². The highest BCUT2D eigenvalue weighted by molar-refractivity contribution is 6.00. The van der Waals surface area contributed by atoms with E-state index in [2.05, 4.69) is 31.2 Å². The number of aryl methyl sites for hydroxylation is 2. The quantitative estimate of drug-likeness (QED) is 0.441. The number of aromatic amines is 1. The molecule has 1 aromatic carbocycles. The topological polar surface area (TPSA) is 117 Å². The number of rotatable bonds is 7. The molecule has 0 radical (unpaired) electrons. The van der Waals surface area contributed by atoms with Crippen LogP contribution in [0, 0.1) is 12.8 Å². The lowest BCUT2D eigenvalue weighted by Gasteiger charge is -2.30. The number of nitrogens with one attached hydrogen (secondary N) is 4. The molecule has 9 heteroatoms. The van der Waals surface area contributed by atoms with E-state index >= 15 is 0 Å². The molecule has 1 aliphatic carbocycles. The van der Waals surface area contributed by atoms with E-state index in [1.807, 2.05) is 38.2 Å². The first-order chi connectivity index (χ1) is 16.0. The zero-order chi connectivity index (χ0) is 23.4. The molecule has 2 amide bonds. The number of benzene rings is 1. The molecule has 1 atom stereocenters. The van der Waals surface area contributed by atoms with Gasteiger partial charge in [0.1, 0.15) is 11.7 Å². The Morgan fingerprint density at radius 1 is 1.12 bits per heavy atom. The van der Waals surface area contributed by atoms with Gasteiger partial charge in [-0.15, -0.1) is 0 Å². The second kappa shape index (κ2) is 9.89. The maximum absolute atomic E-state index is 13.3. The normalized spacial score (nSPS) is 15.1. The Bertz CT molecular complexity index is 1110. The molecule has 4 N–H and O–H groups in total. The first-order valence-electron chi connectivity index (χ1n) is 11.4. The molecule has 0 unspecified atom stereocenters. The Kier molecular flexibility index (Phi) is 6.76. The molecule has 1 aliphatic rings. The molecule has 33 heavy (non-hydrogen) atoms. The Morgan fingerprint density at radius 3 is 2.48 bits per heavy atom. The van der Waals surface area contributed by atoms with E-state index in [-0.39, 0.29) is 17.7 Å². The van der Waals surface area contributed by atoms with Crippen LogP contribution in [0.15, 0.2) is 36.5 Å². The van der Waals surface area contributed by atoms with Crippen molar-refractivity contribution in [3.8, 4) is 11.1 Å². The standard InChI is InChI=1S/C24H31N7O2/c1-15-20(22(25-2)30-29-15)16-9-11-18(12-10-16)27-24(33)21(17-7-5-4-6-8-17)28-23(32)19-13-14-26-31(19)3/h9-14,17,21H,4-8H2,1-3H3,(H,27,33)(H,28,32)(H2,25,29,30)/t21-/m0/s1. The molecule has 2 aromatic heterocycles. The lowest BCUT2D eigenvalue weighted by molar-refractivity contribution is -0.119. The third-order valence-corrected chi connectivity index (χ3v) is 6.37.